The lowest BCUT2D eigenvalue weighted by atomic mass is 10.2. The predicted molar refractivity (Wildman–Crippen MR) is 67.4 cm³/mol. The van der Waals surface area contributed by atoms with Crippen molar-refractivity contribution < 1.29 is 19.0 Å². The van der Waals surface area contributed by atoms with Crippen molar-refractivity contribution >= 4 is 23.4 Å². The molecule has 6 heteroatoms. The smallest absolute Gasteiger partial charge is 0.338 e. The van der Waals surface area contributed by atoms with E-state index >= 15 is 0 Å². The van der Waals surface area contributed by atoms with Crippen molar-refractivity contribution in [3.63, 3.8) is 0 Å². The minimum Gasteiger partial charge on any atom is -0.478 e. The number of anilines is 1. The van der Waals surface area contributed by atoms with Crippen LogP contribution in [0.15, 0.2) is 17.0 Å². The van der Waals surface area contributed by atoms with Gasteiger partial charge in [-0.15, -0.1) is 11.8 Å². The summed E-state index contributed by atoms with van der Waals surface area (Å²) >= 11 is 1.44. The van der Waals surface area contributed by atoms with E-state index in [9.17, 15) is 9.18 Å². The van der Waals surface area contributed by atoms with E-state index < -0.39 is 17.3 Å². The molecule has 3 N–H and O–H groups in total. The predicted octanol–water partition coefficient (Wildman–Crippen LogP) is 2.38. The summed E-state index contributed by atoms with van der Waals surface area (Å²) in [5, 5.41) is 9.01. The van der Waals surface area contributed by atoms with Crippen LogP contribution in [0.3, 0.4) is 0 Å². The van der Waals surface area contributed by atoms with Gasteiger partial charge in [-0.1, -0.05) is 0 Å². The lowest BCUT2D eigenvalue weighted by Crippen LogP contribution is -2.13. The molecule has 1 aliphatic heterocycles. The monoisotopic (exact) mass is 271 g/mol. The van der Waals surface area contributed by atoms with E-state index in [0.29, 0.717) is 11.5 Å². The second-order valence-electron chi connectivity index (χ2n) is 4.20. The van der Waals surface area contributed by atoms with Gasteiger partial charge in [0.05, 0.1) is 11.7 Å². The van der Waals surface area contributed by atoms with Crippen molar-refractivity contribution in [3.05, 3.63) is 23.5 Å². The summed E-state index contributed by atoms with van der Waals surface area (Å²) in [5.74, 6) is -2.07. The minimum atomic E-state index is -1.31. The number of nitrogens with two attached hydrogens (primary N) is 1. The lowest BCUT2D eigenvalue weighted by molar-refractivity contribution is 0.0692. The van der Waals surface area contributed by atoms with Crippen LogP contribution in [0.2, 0.25) is 0 Å². The molecule has 1 fully saturated rings. The van der Waals surface area contributed by atoms with E-state index in [1.54, 1.807) is 0 Å². The Morgan fingerprint density at radius 3 is 2.89 bits per heavy atom. The SMILES string of the molecule is CC1OCCC1Sc1cc(F)c(C(=O)O)cc1N. The highest BCUT2D eigenvalue weighted by atomic mass is 32.2. The van der Waals surface area contributed by atoms with Gasteiger partial charge in [0.25, 0.3) is 0 Å². The molecule has 0 spiro atoms. The second kappa shape index (κ2) is 5.16. The molecule has 1 heterocycles. The van der Waals surface area contributed by atoms with Crippen LogP contribution in [0, 0.1) is 5.82 Å². The molecule has 4 nitrogen and oxygen atoms in total. The fourth-order valence-corrected chi connectivity index (χ4v) is 3.04. The van der Waals surface area contributed by atoms with Crippen molar-refractivity contribution in [3.8, 4) is 0 Å². The summed E-state index contributed by atoms with van der Waals surface area (Å²) in [4.78, 5) is 11.3. The third-order valence-corrected chi connectivity index (χ3v) is 4.44. The van der Waals surface area contributed by atoms with E-state index in [1.807, 2.05) is 6.92 Å². The highest BCUT2D eigenvalue weighted by Crippen LogP contribution is 2.36. The van der Waals surface area contributed by atoms with Crippen LogP contribution < -0.4 is 5.73 Å². The average molecular weight is 271 g/mol. The van der Waals surface area contributed by atoms with Gasteiger partial charge in [-0.2, -0.15) is 0 Å². The Morgan fingerprint density at radius 1 is 1.61 bits per heavy atom. The molecule has 18 heavy (non-hydrogen) atoms. The molecular weight excluding hydrogens is 257 g/mol. The Bertz CT molecular complexity index is 481. The molecule has 1 aliphatic rings. The van der Waals surface area contributed by atoms with Gasteiger partial charge in [-0.25, -0.2) is 9.18 Å². The fourth-order valence-electron chi connectivity index (χ4n) is 1.87. The topological polar surface area (TPSA) is 72.5 Å². The summed E-state index contributed by atoms with van der Waals surface area (Å²) in [5.41, 5.74) is 5.65. The quantitative estimate of drug-likeness (QED) is 0.826. The van der Waals surface area contributed by atoms with Crippen molar-refractivity contribution in [1.29, 1.82) is 0 Å². The van der Waals surface area contributed by atoms with Crippen molar-refractivity contribution in [2.24, 2.45) is 0 Å². The van der Waals surface area contributed by atoms with Crippen LogP contribution in [-0.4, -0.2) is 29.0 Å². The van der Waals surface area contributed by atoms with E-state index in [4.69, 9.17) is 15.6 Å². The number of carboxylic acid groups (broad SMARTS) is 1. The highest BCUT2D eigenvalue weighted by Gasteiger charge is 2.26. The van der Waals surface area contributed by atoms with E-state index in [-0.39, 0.29) is 17.0 Å². The molecule has 1 aromatic carbocycles. The molecule has 0 bridgehead atoms. The van der Waals surface area contributed by atoms with E-state index in [2.05, 4.69) is 0 Å². The van der Waals surface area contributed by atoms with Gasteiger partial charge >= 0.3 is 5.97 Å². The van der Waals surface area contributed by atoms with Crippen LogP contribution >= 0.6 is 11.8 Å². The number of carboxylic acids is 1. The second-order valence-corrected chi connectivity index (χ2v) is 5.48. The van der Waals surface area contributed by atoms with Crippen molar-refractivity contribution in [2.75, 3.05) is 12.3 Å². The number of hydrogen-bond donors (Lipinski definition) is 2. The summed E-state index contributed by atoms with van der Waals surface area (Å²) in [6.07, 6.45) is 0.977. The first-order chi connectivity index (χ1) is 8.49. The minimum absolute atomic E-state index is 0.0941. The molecule has 2 rings (SSSR count). The summed E-state index contributed by atoms with van der Waals surface area (Å²) in [7, 11) is 0. The normalized spacial score (nSPS) is 23.2. The van der Waals surface area contributed by atoms with Gasteiger partial charge in [-0.05, 0) is 25.5 Å². The summed E-state index contributed by atoms with van der Waals surface area (Å²) < 4.78 is 19.0. The van der Waals surface area contributed by atoms with Crippen LogP contribution in [-0.2, 0) is 4.74 Å². The number of rotatable bonds is 3. The molecule has 98 valence electrons. The number of aromatic carboxylic acids is 1. The zero-order valence-corrected chi connectivity index (χ0v) is 10.7. The Labute approximate surface area is 108 Å². The number of carbonyl (C=O) groups is 1. The molecule has 2 atom stereocenters. The van der Waals surface area contributed by atoms with Gasteiger partial charge < -0.3 is 15.6 Å². The number of nitrogen functional groups attached to an aromatic ring is 1. The van der Waals surface area contributed by atoms with Crippen molar-refractivity contribution in [1.82, 2.24) is 0 Å². The Kier molecular flexibility index (Phi) is 3.77. The maximum absolute atomic E-state index is 13.6. The zero-order valence-electron chi connectivity index (χ0n) is 9.85. The van der Waals surface area contributed by atoms with Gasteiger partial charge in [0.15, 0.2) is 0 Å². The molecule has 0 radical (unpaired) electrons. The summed E-state index contributed by atoms with van der Waals surface area (Å²) in [6, 6.07) is 2.36. The molecule has 0 saturated carbocycles. The fraction of sp³-hybridized carbons (Fsp3) is 0.417. The molecule has 0 amide bonds. The zero-order chi connectivity index (χ0) is 13.3. The van der Waals surface area contributed by atoms with Crippen molar-refractivity contribution in [2.45, 2.75) is 29.6 Å². The molecule has 2 unspecified atom stereocenters. The number of thioether (sulfide) groups is 1. The Morgan fingerprint density at radius 2 is 2.33 bits per heavy atom. The highest BCUT2D eigenvalue weighted by molar-refractivity contribution is 8.00. The summed E-state index contributed by atoms with van der Waals surface area (Å²) in [6.45, 7) is 2.65. The van der Waals surface area contributed by atoms with E-state index in [1.165, 1.54) is 23.9 Å². The Hall–Kier alpha value is -1.27. The van der Waals surface area contributed by atoms with E-state index in [0.717, 1.165) is 6.42 Å². The molecule has 0 aliphatic carbocycles. The maximum atomic E-state index is 13.6. The van der Waals surface area contributed by atoms with Crippen LogP contribution in [0.25, 0.3) is 0 Å². The van der Waals surface area contributed by atoms with Gasteiger partial charge in [0.2, 0.25) is 0 Å². The van der Waals surface area contributed by atoms with Crippen LogP contribution in [0.4, 0.5) is 10.1 Å². The van der Waals surface area contributed by atoms with Crippen LogP contribution in [0.1, 0.15) is 23.7 Å². The average Bonchev–Trinajstić information content (AvgIpc) is 2.69. The molecule has 1 saturated heterocycles. The first-order valence-electron chi connectivity index (χ1n) is 5.59. The molecular formula is C12H14FNO3S. The Balaban J connectivity index is 2.23. The third-order valence-electron chi connectivity index (χ3n) is 2.91. The first kappa shape index (κ1) is 13.2. The van der Waals surface area contributed by atoms with Gasteiger partial charge in [0, 0.05) is 22.4 Å². The van der Waals surface area contributed by atoms with Crippen LogP contribution in [0.5, 0.6) is 0 Å². The largest absolute Gasteiger partial charge is 0.478 e. The molecule has 0 aromatic heterocycles. The standard InChI is InChI=1S/C12H14FNO3S/c1-6-10(2-3-17-6)18-11-5-8(13)7(12(15)16)4-9(11)14/h4-6,10H,2-3,14H2,1H3,(H,15,16). The number of halogens is 1. The number of benzene rings is 1. The third kappa shape index (κ3) is 2.59. The maximum Gasteiger partial charge on any atom is 0.338 e. The number of hydrogen-bond acceptors (Lipinski definition) is 4. The molecule has 1 aromatic rings. The van der Waals surface area contributed by atoms with Gasteiger partial charge in [-0.3, -0.25) is 0 Å². The number of ether oxygens (including phenoxy) is 1. The van der Waals surface area contributed by atoms with Gasteiger partial charge in [0.1, 0.15) is 5.82 Å². The first-order valence-corrected chi connectivity index (χ1v) is 6.47. The lowest BCUT2D eigenvalue weighted by Gasteiger charge is -2.15.